The lowest BCUT2D eigenvalue weighted by Gasteiger charge is -2.02. The molecular weight excluding hydrogens is 404 g/mol. The van der Waals surface area contributed by atoms with E-state index < -0.39 is 0 Å². The second-order valence-corrected chi connectivity index (χ2v) is 8.24. The maximum absolute atomic E-state index is 12.2. The number of aromatic nitrogens is 1. The lowest BCUT2D eigenvalue weighted by molar-refractivity contribution is -0.115. The lowest BCUT2D eigenvalue weighted by atomic mass is 10.2. The summed E-state index contributed by atoms with van der Waals surface area (Å²) < 4.78 is 11.6. The van der Waals surface area contributed by atoms with Crippen molar-refractivity contribution in [2.75, 3.05) is 17.7 Å². The minimum atomic E-state index is -0.0439. The highest BCUT2D eigenvalue weighted by atomic mass is 32.2. The molecule has 0 bridgehead atoms. The van der Waals surface area contributed by atoms with Crippen LogP contribution in [-0.2, 0) is 4.79 Å². The lowest BCUT2D eigenvalue weighted by Crippen LogP contribution is -2.11. The maximum Gasteiger partial charge on any atom is 0.226 e. The number of carbonyl (C=O) groups excluding carboxylic acids is 1. The number of fused-ring (bicyclic) bond motifs is 1. The fraction of sp³-hybridized carbons (Fsp3) is 0.182. The molecule has 2 aromatic heterocycles. The van der Waals surface area contributed by atoms with Crippen molar-refractivity contribution in [3.63, 3.8) is 0 Å². The topological polar surface area (TPSA) is 64.4 Å². The molecule has 0 fully saturated rings. The molecule has 2 aromatic carbocycles. The van der Waals surface area contributed by atoms with E-state index in [1.165, 1.54) is 11.3 Å². The number of furan rings is 1. The number of nitrogens with zero attached hydrogens (tertiary/aromatic N) is 1. The zero-order valence-corrected chi connectivity index (χ0v) is 17.5. The molecule has 4 aromatic rings. The van der Waals surface area contributed by atoms with Crippen molar-refractivity contribution in [2.24, 2.45) is 0 Å². The summed E-state index contributed by atoms with van der Waals surface area (Å²) in [5, 5.41) is 6.28. The van der Waals surface area contributed by atoms with Crippen molar-refractivity contribution < 1.29 is 13.9 Å². The van der Waals surface area contributed by atoms with E-state index in [1.807, 2.05) is 66.9 Å². The van der Waals surface area contributed by atoms with Crippen molar-refractivity contribution in [1.29, 1.82) is 0 Å². The van der Waals surface area contributed by atoms with Crippen molar-refractivity contribution in [3.8, 4) is 17.2 Å². The standard InChI is InChI=1S/C22H20N2O3S2/c1-2-26-18-10-6-7-15-13-19(27-21(15)18)17-14-29-22(23-17)24-20(25)11-12-28-16-8-4-3-5-9-16/h3-10,13-14H,2,11-12H2,1H3,(H,23,24,25). The number of rotatable bonds is 8. The number of hydrogen-bond acceptors (Lipinski definition) is 6. The van der Waals surface area contributed by atoms with Gasteiger partial charge in [-0.05, 0) is 31.2 Å². The Kier molecular flexibility index (Phi) is 6.17. The third-order valence-corrected chi connectivity index (χ3v) is 5.92. The average molecular weight is 425 g/mol. The van der Waals surface area contributed by atoms with Gasteiger partial charge in [-0.25, -0.2) is 4.98 Å². The van der Waals surface area contributed by atoms with Crippen molar-refractivity contribution in [1.82, 2.24) is 4.98 Å². The van der Waals surface area contributed by atoms with Gasteiger partial charge < -0.3 is 14.5 Å². The van der Waals surface area contributed by atoms with E-state index in [4.69, 9.17) is 9.15 Å². The summed E-state index contributed by atoms with van der Waals surface area (Å²) in [4.78, 5) is 17.9. The van der Waals surface area contributed by atoms with Crippen LogP contribution in [0.2, 0.25) is 0 Å². The molecule has 0 aliphatic rings. The van der Waals surface area contributed by atoms with Crippen LogP contribution < -0.4 is 10.1 Å². The maximum atomic E-state index is 12.2. The first kappa shape index (κ1) is 19.5. The highest BCUT2D eigenvalue weighted by molar-refractivity contribution is 7.99. The Hall–Kier alpha value is -2.77. The summed E-state index contributed by atoms with van der Waals surface area (Å²) in [5.41, 5.74) is 1.41. The first-order valence-electron chi connectivity index (χ1n) is 9.32. The largest absolute Gasteiger partial charge is 0.490 e. The number of para-hydroxylation sites is 1. The van der Waals surface area contributed by atoms with Gasteiger partial charge in [-0.2, -0.15) is 0 Å². The van der Waals surface area contributed by atoms with Gasteiger partial charge in [-0.3, -0.25) is 4.79 Å². The Labute approximate surface area is 177 Å². The molecule has 7 heteroatoms. The molecule has 0 atom stereocenters. The number of carbonyl (C=O) groups is 1. The zero-order valence-electron chi connectivity index (χ0n) is 15.9. The second-order valence-electron chi connectivity index (χ2n) is 6.22. The van der Waals surface area contributed by atoms with Crippen LogP contribution in [0.5, 0.6) is 5.75 Å². The molecule has 0 spiro atoms. The van der Waals surface area contributed by atoms with Crippen LogP contribution in [0.3, 0.4) is 0 Å². The molecule has 0 aliphatic heterocycles. The van der Waals surface area contributed by atoms with E-state index in [0.717, 1.165) is 21.8 Å². The molecule has 29 heavy (non-hydrogen) atoms. The first-order chi connectivity index (χ1) is 14.2. The van der Waals surface area contributed by atoms with Crippen LogP contribution in [0.25, 0.3) is 22.4 Å². The van der Waals surface area contributed by atoms with E-state index in [2.05, 4.69) is 10.3 Å². The third-order valence-electron chi connectivity index (χ3n) is 4.15. The minimum absolute atomic E-state index is 0.0439. The predicted octanol–water partition coefficient (Wildman–Crippen LogP) is 6.08. The summed E-state index contributed by atoms with van der Waals surface area (Å²) in [6, 6.07) is 17.8. The van der Waals surface area contributed by atoms with Gasteiger partial charge in [0.2, 0.25) is 5.91 Å². The van der Waals surface area contributed by atoms with Gasteiger partial charge in [0.05, 0.1) is 6.61 Å². The van der Waals surface area contributed by atoms with Crippen LogP contribution in [0, 0.1) is 0 Å². The molecule has 0 radical (unpaired) electrons. The number of thioether (sulfide) groups is 1. The quantitative estimate of drug-likeness (QED) is 0.348. The minimum Gasteiger partial charge on any atom is -0.490 e. The highest BCUT2D eigenvalue weighted by Crippen LogP contribution is 2.34. The average Bonchev–Trinajstić information content (AvgIpc) is 3.36. The number of ether oxygens (including phenoxy) is 1. The Morgan fingerprint density at radius 3 is 2.90 bits per heavy atom. The Morgan fingerprint density at radius 2 is 2.07 bits per heavy atom. The van der Waals surface area contributed by atoms with Gasteiger partial charge >= 0.3 is 0 Å². The molecule has 0 aliphatic carbocycles. The van der Waals surface area contributed by atoms with Crippen LogP contribution in [0.1, 0.15) is 13.3 Å². The van der Waals surface area contributed by atoms with Crippen LogP contribution in [-0.4, -0.2) is 23.3 Å². The fourth-order valence-corrected chi connectivity index (χ4v) is 4.42. The van der Waals surface area contributed by atoms with Crippen LogP contribution in [0.4, 0.5) is 5.13 Å². The Balaban J connectivity index is 1.38. The van der Waals surface area contributed by atoms with Gasteiger partial charge in [-0.1, -0.05) is 30.3 Å². The first-order valence-corrected chi connectivity index (χ1v) is 11.2. The number of thiazole rings is 1. The zero-order chi connectivity index (χ0) is 20.1. The number of anilines is 1. The van der Waals surface area contributed by atoms with Gasteiger partial charge in [0, 0.05) is 27.8 Å². The monoisotopic (exact) mass is 424 g/mol. The molecule has 1 N–H and O–H groups in total. The van der Waals surface area contributed by atoms with E-state index in [-0.39, 0.29) is 5.91 Å². The predicted molar refractivity (Wildman–Crippen MR) is 119 cm³/mol. The Morgan fingerprint density at radius 1 is 1.21 bits per heavy atom. The number of amides is 1. The van der Waals surface area contributed by atoms with E-state index in [9.17, 15) is 4.79 Å². The van der Waals surface area contributed by atoms with E-state index in [1.54, 1.807) is 11.8 Å². The molecule has 0 saturated carbocycles. The SMILES string of the molecule is CCOc1cccc2cc(-c3csc(NC(=O)CCSc4ccccc4)n3)oc12. The molecule has 1 amide bonds. The fourth-order valence-electron chi connectivity index (χ4n) is 2.84. The molecule has 148 valence electrons. The normalized spacial score (nSPS) is 10.9. The number of nitrogens with one attached hydrogen (secondary N) is 1. The van der Waals surface area contributed by atoms with Gasteiger partial charge in [0.1, 0.15) is 5.69 Å². The summed E-state index contributed by atoms with van der Waals surface area (Å²) >= 11 is 3.05. The number of benzene rings is 2. The summed E-state index contributed by atoms with van der Waals surface area (Å²) in [7, 11) is 0. The van der Waals surface area contributed by atoms with E-state index in [0.29, 0.717) is 35.2 Å². The number of hydrogen-bond donors (Lipinski definition) is 1. The van der Waals surface area contributed by atoms with Crippen molar-refractivity contribution in [2.45, 2.75) is 18.2 Å². The van der Waals surface area contributed by atoms with Crippen LogP contribution >= 0.6 is 23.1 Å². The summed E-state index contributed by atoms with van der Waals surface area (Å²) in [5.74, 6) is 2.05. The van der Waals surface area contributed by atoms with Gasteiger partial charge in [0.15, 0.2) is 22.2 Å². The van der Waals surface area contributed by atoms with Crippen molar-refractivity contribution in [3.05, 3.63) is 60.0 Å². The highest BCUT2D eigenvalue weighted by Gasteiger charge is 2.14. The molecule has 2 heterocycles. The molecule has 5 nitrogen and oxygen atoms in total. The molecular formula is C22H20N2O3S2. The molecule has 4 rings (SSSR count). The second kappa shape index (κ2) is 9.15. The smallest absolute Gasteiger partial charge is 0.226 e. The van der Waals surface area contributed by atoms with Gasteiger partial charge in [0.25, 0.3) is 0 Å². The summed E-state index contributed by atoms with van der Waals surface area (Å²) in [6.45, 7) is 2.51. The Bertz CT molecular complexity index is 1110. The van der Waals surface area contributed by atoms with Crippen LogP contribution in [0.15, 0.2) is 69.3 Å². The van der Waals surface area contributed by atoms with Crippen molar-refractivity contribution >= 4 is 45.1 Å². The van der Waals surface area contributed by atoms with Gasteiger partial charge in [-0.15, -0.1) is 23.1 Å². The molecule has 0 saturated heterocycles. The summed E-state index contributed by atoms with van der Waals surface area (Å²) in [6.07, 6.45) is 0.427. The third kappa shape index (κ3) is 4.81. The molecule has 0 unspecified atom stereocenters. The van der Waals surface area contributed by atoms with E-state index >= 15 is 0 Å².